The summed E-state index contributed by atoms with van der Waals surface area (Å²) in [5, 5.41) is 0. The molecule has 2 N–H and O–H groups in total. The van der Waals surface area contributed by atoms with Crippen molar-refractivity contribution >= 4 is 28.5 Å². The second kappa shape index (κ2) is 6.15. The van der Waals surface area contributed by atoms with Crippen LogP contribution in [0.2, 0.25) is 0 Å². The molecular weight excluding hydrogens is 228 g/mol. The topological polar surface area (TPSA) is 48.1 Å². The van der Waals surface area contributed by atoms with Crippen LogP contribution in [-0.4, -0.2) is 23.2 Å². The summed E-state index contributed by atoms with van der Waals surface area (Å²) in [5.41, 5.74) is 8.45. The molecule has 0 bridgehead atoms. The molecule has 1 unspecified atom stereocenters. The van der Waals surface area contributed by atoms with Crippen LogP contribution in [0.25, 0.3) is 0 Å². The van der Waals surface area contributed by atoms with E-state index in [1.165, 1.54) is 4.88 Å². The van der Waals surface area contributed by atoms with Gasteiger partial charge >= 0.3 is 0 Å². The average Bonchev–Trinajstić information content (AvgIpc) is 2.58. The summed E-state index contributed by atoms with van der Waals surface area (Å²) >= 11 is 6.53. The third-order valence-corrected chi connectivity index (χ3v) is 3.57. The summed E-state index contributed by atoms with van der Waals surface area (Å²) in [7, 11) is 0. The Morgan fingerprint density at radius 1 is 1.73 bits per heavy atom. The van der Waals surface area contributed by atoms with E-state index in [0.29, 0.717) is 18.2 Å². The van der Waals surface area contributed by atoms with Crippen LogP contribution in [0.5, 0.6) is 0 Å². The number of nitrogens with zero attached hydrogens (tertiary/aromatic N) is 1. The zero-order valence-corrected chi connectivity index (χ0v) is 10.7. The van der Waals surface area contributed by atoms with Crippen molar-refractivity contribution in [3.05, 3.63) is 16.1 Å². The molecule has 0 spiro atoms. The van der Waals surface area contributed by atoms with E-state index >= 15 is 0 Å². The van der Waals surface area contributed by atoms with Crippen LogP contribution in [0, 0.1) is 12.8 Å². The highest BCUT2D eigenvalue weighted by atomic mass is 32.1. The molecular formula is C10H16N2OS2. The van der Waals surface area contributed by atoms with Crippen molar-refractivity contribution in [3.8, 4) is 0 Å². The summed E-state index contributed by atoms with van der Waals surface area (Å²) in [6, 6.07) is 0. The number of thiocarbonyl (C=S) groups is 1. The van der Waals surface area contributed by atoms with E-state index in [2.05, 4.69) is 4.98 Å². The Bertz CT molecular complexity index is 325. The van der Waals surface area contributed by atoms with Gasteiger partial charge in [0.15, 0.2) is 0 Å². The number of hydrogen-bond donors (Lipinski definition) is 1. The maximum atomic E-state index is 5.50. The minimum Gasteiger partial charge on any atom is -0.393 e. The molecule has 0 aliphatic carbocycles. The molecule has 0 amide bonds. The molecule has 3 nitrogen and oxygen atoms in total. The Morgan fingerprint density at radius 2 is 2.47 bits per heavy atom. The van der Waals surface area contributed by atoms with Gasteiger partial charge in [-0.3, -0.25) is 0 Å². The summed E-state index contributed by atoms with van der Waals surface area (Å²) in [4.78, 5) is 5.99. The SMILES string of the molecule is Cc1ncsc1CCOCC(C)C(N)=S. The number of nitrogens with two attached hydrogens (primary N) is 1. The number of aromatic nitrogens is 1. The van der Waals surface area contributed by atoms with E-state index in [1.807, 2.05) is 19.4 Å². The monoisotopic (exact) mass is 244 g/mol. The number of hydrogen-bond acceptors (Lipinski definition) is 4. The predicted molar refractivity (Wildman–Crippen MR) is 67.3 cm³/mol. The number of thiazole rings is 1. The number of aryl methyl sites for hydroxylation is 1. The summed E-state index contributed by atoms with van der Waals surface area (Å²) < 4.78 is 5.50. The molecule has 0 saturated heterocycles. The van der Waals surface area contributed by atoms with Gasteiger partial charge in [0.25, 0.3) is 0 Å². The first-order valence-corrected chi connectivity index (χ1v) is 6.16. The van der Waals surface area contributed by atoms with E-state index in [4.69, 9.17) is 22.7 Å². The number of ether oxygens (including phenoxy) is 1. The molecule has 1 atom stereocenters. The van der Waals surface area contributed by atoms with E-state index in [-0.39, 0.29) is 5.92 Å². The van der Waals surface area contributed by atoms with E-state index in [1.54, 1.807) is 11.3 Å². The van der Waals surface area contributed by atoms with Crippen molar-refractivity contribution < 1.29 is 4.74 Å². The fraction of sp³-hybridized carbons (Fsp3) is 0.600. The van der Waals surface area contributed by atoms with Crippen LogP contribution in [0.3, 0.4) is 0 Å². The van der Waals surface area contributed by atoms with Gasteiger partial charge in [-0.15, -0.1) is 11.3 Å². The zero-order chi connectivity index (χ0) is 11.3. The first-order chi connectivity index (χ1) is 7.11. The quantitative estimate of drug-likeness (QED) is 0.613. The molecule has 1 aromatic rings. The van der Waals surface area contributed by atoms with Crippen molar-refractivity contribution in [3.63, 3.8) is 0 Å². The van der Waals surface area contributed by atoms with Crippen LogP contribution in [-0.2, 0) is 11.2 Å². The molecule has 0 aliphatic rings. The molecule has 5 heteroatoms. The van der Waals surface area contributed by atoms with E-state index in [9.17, 15) is 0 Å². The van der Waals surface area contributed by atoms with Crippen LogP contribution < -0.4 is 5.73 Å². The lowest BCUT2D eigenvalue weighted by atomic mass is 10.2. The molecule has 15 heavy (non-hydrogen) atoms. The van der Waals surface area contributed by atoms with Crippen molar-refractivity contribution in [2.75, 3.05) is 13.2 Å². The molecule has 84 valence electrons. The van der Waals surface area contributed by atoms with Gasteiger partial charge < -0.3 is 10.5 Å². The van der Waals surface area contributed by atoms with Crippen molar-refractivity contribution in [2.24, 2.45) is 11.7 Å². The summed E-state index contributed by atoms with van der Waals surface area (Å²) in [5.74, 6) is 0.155. The maximum absolute atomic E-state index is 5.50. The Kier molecular flexibility index (Phi) is 5.14. The second-order valence-corrected chi connectivity index (χ2v) is 4.90. The molecule has 1 rings (SSSR count). The van der Waals surface area contributed by atoms with Crippen LogP contribution in [0.1, 0.15) is 17.5 Å². The fourth-order valence-corrected chi connectivity index (χ4v) is 1.90. The van der Waals surface area contributed by atoms with Crippen LogP contribution in [0.15, 0.2) is 5.51 Å². The van der Waals surface area contributed by atoms with Crippen molar-refractivity contribution in [2.45, 2.75) is 20.3 Å². The standard InChI is InChI=1S/C10H16N2OS2/c1-7(10(11)14)5-13-4-3-9-8(2)12-6-15-9/h6-7H,3-5H2,1-2H3,(H2,11,14). The lowest BCUT2D eigenvalue weighted by Gasteiger charge is -2.09. The third-order valence-electron chi connectivity index (χ3n) is 2.17. The van der Waals surface area contributed by atoms with E-state index < -0.39 is 0 Å². The van der Waals surface area contributed by atoms with Crippen molar-refractivity contribution in [1.82, 2.24) is 4.98 Å². The first kappa shape index (κ1) is 12.5. The summed E-state index contributed by atoms with van der Waals surface area (Å²) in [6.45, 7) is 5.30. The Morgan fingerprint density at radius 3 is 3.00 bits per heavy atom. The van der Waals surface area contributed by atoms with Gasteiger partial charge in [-0.25, -0.2) is 4.98 Å². The number of rotatable bonds is 6. The molecule has 0 aromatic carbocycles. The van der Waals surface area contributed by atoms with Crippen molar-refractivity contribution in [1.29, 1.82) is 0 Å². The first-order valence-electron chi connectivity index (χ1n) is 4.87. The van der Waals surface area contributed by atoms with E-state index in [0.717, 1.165) is 12.1 Å². The lowest BCUT2D eigenvalue weighted by molar-refractivity contribution is 0.124. The van der Waals surface area contributed by atoms with Crippen LogP contribution >= 0.6 is 23.6 Å². The Labute approximate surface area is 99.7 Å². The Hall–Kier alpha value is -0.520. The highest BCUT2D eigenvalue weighted by Gasteiger charge is 2.05. The predicted octanol–water partition coefficient (Wildman–Crippen LogP) is 1.93. The zero-order valence-electron chi connectivity index (χ0n) is 9.03. The van der Waals surface area contributed by atoms with Gasteiger partial charge in [0, 0.05) is 17.2 Å². The molecule has 0 radical (unpaired) electrons. The molecule has 0 fully saturated rings. The highest BCUT2D eigenvalue weighted by Crippen LogP contribution is 2.12. The molecule has 1 heterocycles. The molecule has 1 aromatic heterocycles. The van der Waals surface area contributed by atoms with Gasteiger partial charge in [0.05, 0.1) is 29.4 Å². The second-order valence-electron chi connectivity index (χ2n) is 3.49. The minimum absolute atomic E-state index is 0.155. The van der Waals surface area contributed by atoms with Gasteiger partial charge in [-0.2, -0.15) is 0 Å². The van der Waals surface area contributed by atoms with Gasteiger partial charge in [0.2, 0.25) is 0 Å². The lowest BCUT2D eigenvalue weighted by Crippen LogP contribution is -2.23. The van der Waals surface area contributed by atoms with Gasteiger partial charge in [-0.1, -0.05) is 19.1 Å². The fourth-order valence-electron chi connectivity index (χ4n) is 1.07. The molecule has 0 aliphatic heterocycles. The normalized spacial score (nSPS) is 12.7. The minimum atomic E-state index is 0.155. The van der Waals surface area contributed by atoms with Gasteiger partial charge in [-0.05, 0) is 6.92 Å². The Balaban J connectivity index is 2.17. The molecule has 0 saturated carbocycles. The smallest absolute Gasteiger partial charge is 0.0797 e. The summed E-state index contributed by atoms with van der Waals surface area (Å²) in [6.07, 6.45) is 0.917. The van der Waals surface area contributed by atoms with Crippen LogP contribution in [0.4, 0.5) is 0 Å². The highest BCUT2D eigenvalue weighted by molar-refractivity contribution is 7.80. The maximum Gasteiger partial charge on any atom is 0.0797 e. The largest absolute Gasteiger partial charge is 0.393 e. The average molecular weight is 244 g/mol. The van der Waals surface area contributed by atoms with Gasteiger partial charge in [0.1, 0.15) is 0 Å². The third kappa shape index (κ3) is 4.24.